The minimum absolute atomic E-state index is 0.0279. The number of pyridine rings is 1. The second-order valence-electron chi connectivity index (χ2n) is 2.45. The number of aliphatic carboxylic acids is 1. The van der Waals surface area contributed by atoms with Crippen LogP contribution >= 0.6 is 11.6 Å². The highest BCUT2D eigenvalue weighted by Crippen LogP contribution is 2.15. The molecule has 1 aromatic heterocycles. The normalized spacial score (nSPS) is 9.50. The van der Waals surface area contributed by atoms with Gasteiger partial charge in [0.2, 0.25) is 5.78 Å². The van der Waals surface area contributed by atoms with Gasteiger partial charge in [-0.2, -0.15) is 0 Å². The van der Waals surface area contributed by atoms with Gasteiger partial charge in [0.1, 0.15) is 10.7 Å². The predicted octanol–water partition coefficient (Wildman–Crippen LogP) is 1.56. The first kappa shape index (κ1) is 10.4. The van der Waals surface area contributed by atoms with Crippen molar-refractivity contribution in [3.63, 3.8) is 0 Å². The van der Waals surface area contributed by atoms with Crippen LogP contribution in [-0.2, 0) is 4.79 Å². The van der Waals surface area contributed by atoms with Crippen LogP contribution in [0.1, 0.15) is 10.4 Å². The van der Waals surface area contributed by atoms with Gasteiger partial charge in [-0.15, -0.1) is 0 Å². The number of ketones is 1. The molecule has 0 radical (unpaired) electrons. The summed E-state index contributed by atoms with van der Waals surface area (Å²) in [6, 6.07) is 2.89. The highest BCUT2D eigenvalue weighted by molar-refractivity contribution is 6.35. The standard InChI is InChI=1S/C9H6ClNO3/c1-5(9(13)14)7(12)6-3-2-4-11-8(6)10/h2-4H,1H2,(H,13,14). The Morgan fingerprint density at radius 2 is 2.14 bits per heavy atom. The number of carbonyl (C=O) groups is 2. The smallest absolute Gasteiger partial charge is 0.339 e. The molecule has 1 rings (SSSR count). The fourth-order valence-electron chi connectivity index (χ4n) is 0.815. The van der Waals surface area contributed by atoms with E-state index in [9.17, 15) is 9.59 Å². The number of carboxylic acids is 1. The third-order valence-corrected chi connectivity index (χ3v) is 1.84. The third kappa shape index (κ3) is 1.97. The SMILES string of the molecule is C=C(C(=O)O)C(=O)c1cccnc1Cl. The molecule has 0 fully saturated rings. The Labute approximate surface area is 84.8 Å². The maximum atomic E-state index is 11.4. The molecule has 0 unspecified atom stereocenters. The number of aromatic nitrogens is 1. The van der Waals surface area contributed by atoms with E-state index in [1.165, 1.54) is 18.3 Å². The summed E-state index contributed by atoms with van der Waals surface area (Å²) in [4.78, 5) is 25.5. The van der Waals surface area contributed by atoms with E-state index in [0.29, 0.717) is 0 Å². The van der Waals surface area contributed by atoms with E-state index in [-0.39, 0.29) is 10.7 Å². The zero-order valence-electron chi connectivity index (χ0n) is 7.03. The first-order valence-electron chi connectivity index (χ1n) is 3.61. The van der Waals surface area contributed by atoms with Crippen molar-refractivity contribution in [1.29, 1.82) is 0 Å². The van der Waals surface area contributed by atoms with E-state index in [1.54, 1.807) is 0 Å². The molecule has 1 aromatic rings. The molecule has 14 heavy (non-hydrogen) atoms. The molecular weight excluding hydrogens is 206 g/mol. The van der Waals surface area contributed by atoms with Crippen LogP contribution in [0.5, 0.6) is 0 Å². The average molecular weight is 212 g/mol. The minimum atomic E-state index is -1.37. The van der Waals surface area contributed by atoms with Crippen LogP contribution in [0.15, 0.2) is 30.5 Å². The number of carbonyl (C=O) groups excluding carboxylic acids is 1. The van der Waals surface area contributed by atoms with Crippen molar-refractivity contribution in [2.24, 2.45) is 0 Å². The Balaban J connectivity index is 3.08. The zero-order chi connectivity index (χ0) is 10.7. The van der Waals surface area contributed by atoms with Crippen molar-refractivity contribution in [3.05, 3.63) is 41.2 Å². The van der Waals surface area contributed by atoms with Gasteiger partial charge in [0.15, 0.2) is 0 Å². The number of halogens is 1. The van der Waals surface area contributed by atoms with Gasteiger partial charge in [-0.1, -0.05) is 18.2 Å². The molecule has 0 aliphatic rings. The van der Waals surface area contributed by atoms with Crippen LogP contribution in [0.3, 0.4) is 0 Å². The Bertz CT molecular complexity index is 414. The fraction of sp³-hybridized carbons (Fsp3) is 0. The molecule has 0 aliphatic heterocycles. The van der Waals surface area contributed by atoms with Crippen LogP contribution in [0.2, 0.25) is 5.15 Å². The number of rotatable bonds is 3. The van der Waals surface area contributed by atoms with Gasteiger partial charge in [0, 0.05) is 6.20 Å². The predicted molar refractivity (Wildman–Crippen MR) is 50.4 cm³/mol. The highest BCUT2D eigenvalue weighted by atomic mass is 35.5. The number of hydrogen-bond acceptors (Lipinski definition) is 3. The molecule has 72 valence electrons. The quantitative estimate of drug-likeness (QED) is 0.271. The molecule has 4 nitrogen and oxygen atoms in total. The van der Waals surface area contributed by atoms with Crippen LogP contribution < -0.4 is 0 Å². The van der Waals surface area contributed by atoms with Gasteiger partial charge in [-0.3, -0.25) is 4.79 Å². The van der Waals surface area contributed by atoms with Crippen molar-refractivity contribution in [2.45, 2.75) is 0 Å². The molecule has 0 aromatic carbocycles. The lowest BCUT2D eigenvalue weighted by Crippen LogP contribution is -2.11. The molecule has 0 saturated heterocycles. The first-order chi connectivity index (χ1) is 6.54. The molecule has 0 amide bonds. The van der Waals surface area contributed by atoms with Crippen molar-refractivity contribution < 1.29 is 14.7 Å². The van der Waals surface area contributed by atoms with E-state index in [0.717, 1.165) is 0 Å². The Hall–Kier alpha value is -1.68. The molecule has 0 atom stereocenters. The van der Waals surface area contributed by atoms with Crippen LogP contribution in [0, 0.1) is 0 Å². The molecule has 5 heteroatoms. The van der Waals surface area contributed by atoms with Gasteiger partial charge in [0.25, 0.3) is 0 Å². The van der Waals surface area contributed by atoms with Crippen molar-refractivity contribution >= 4 is 23.4 Å². The van der Waals surface area contributed by atoms with E-state index in [4.69, 9.17) is 16.7 Å². The van der Waals surface area contributed by atoms with Gasteiger partial charge in [-0.25, -0.2) is 9.78 Å². The van der Waals surface area contributed by atoms with Crippen LogP contribution in [-0.4, -0.2) is 21.8 Å². The minimum Gasteiger partial charge on any atom is -0.478 e. The maximum Gasteiger partial charge on any atom is 0.339 e. The lowest BCUT2D eigenvalue weighted by atomic mass is 10.1. The molecule has 1 heterocycles. The topological polar surface area (TPSA) is 67.3 Å². The van der Waals surface area contributed by atoms with E-state index in [2.05, 4.69) is 11.6 Å². The van der Waals surface area contributed by atoms with Gasteiger partial charge < -0.3 is 5.11 Å². The Kier molecular flexibility index (Phi) is 2.99. The number of hydrogen-bond donors (Lipinski definition) is 1. The summed E-state index contributed by atoms with van der Waals surface area (Å²) in [6.45, 7) is 3.14. The van der Waals surface area contributed by atoms with Crippen molar-refractivity contribution in [3.8, 4) is 0 Å². The molecule has 0 spiro atoms. The monoisotopic (exact) mass is 211 g/mol. The number of nitrogens with zero attached hydrogens (tertiary/aromatic N) is 1. The summed E-state index contributed by atoms with van der Waals surface area (Å²) in [5, 5.41) is 8.49. The second kappa shape index (κ2) is 4.02. The Morgan fingerprint density at radius 1 is 1.50 bits per heavy atom. The summed E-state index contributed by atoms with van der Waals surface area (Å²) in [6.07, 6.45) is 1.41. The summed E-state index contributed by atoms with van der Waals surface area (Å²) in [5.74, 6) is -2.09. The maximum absolute atomic E-state index is 11.4. The van der Waals surface area contributed by atoms with Gasteiger partial charge in [0.05, 0.1) is 5.56 Å². The third-order valence-electron chi connectivity index (χ3n) is 1.54. The van der Waals surface area contributed by atoms with Crippen molar-refractivity contribution in [1.82, 2.24) is 4.98 Å². The fourth-order valence-corrected chi connectivity index (χ4v) is 1.02. The molecule has 1 N–H and O–H groups in total. The van der Waals surface area contributed by atoms with Crippen molar-refractivity contribution in [2.75, 3.05) is 0 Å². The van der Waals surface area contributed by atoms with Crippen LogP contribution in [0.25, 0.3) is 0 Å². The van der Waals surface area contributed by atoms with E-state index in [1.807, 2.05) is 0 Å². The van der Waals surface area contributed by atoms with E-state index < -0.39 is 17.3 Å². The second-order valence-corrected chi connectivity index (χ2v) is 2.81. The number of carboxylic acid groups (broad SMARTS) is 1. The zero-order valence-corrected chi connectivity index (χ0v) is 7.78. The lowest BCUT2D eigenvalue weighted by Gasteiger charge is -2.00. The van der Waals surface area contributed by atoms with E-state index >= 15 is 0 Å². The summed E-state index contributed by atoms with van der Waals surface area (Å²) in [5.41, 5.74) is -0.485. The lowest BCUT2D eigenvalue weighted by molar-refractivity contribution is -0.132. The van der Waals surface area contributed by atoms with Gasteiger partial charge >= 0.3 is 5.97 Å². The summed E-state index contributed by atoms with van der Waals surface area (Å²) >= 11 is 5.60. The molecule has 0 bridgehead atoms. The first-order valence-corrected chi connectivity index (χ1v) is 3.99. The average Bonchev–Trinajstić information content (AvgIpc) is 2.16. The van der Waals surface area contributed by atoms with Gasteiger partial charge in [-0.05, 0) is 12.1 Å². The Morgan fingerprint density at radius 3 is 2.64 bits per heavy atom. The van der Waals surface area contributed by atoms with Crippen LogP contribution in [0.4, 0.5) is 0 Å². The summed E-state index contributed by atoms with van der Waals surface area (Å²) < 4.78 is 0. The summed E-state index contributed by atoms with van der Waals surface area (Å²) in [7, 11) is 0. The highest BCUT2D eigenvalue weighted by Gasteiger charge is 2.18. The molecule has 0 saturated carbocycles. The molecular formula is C9H6ClNO3. The number of Topliss-reactive ketones (excluding diaryl/α,β-unsaturated/α-hetero) is 1. The largest absolute Gasteiger partial charge is 0.478 e. The molecule has 0 aliphatic carbocycles.